The first-order valence-electron chi connectivity index (χ1n) is 7.92. The van der Waals surface area contributed by atoms with Crippen LogP contribution >= 0.6 is 0 Å². The molecule has 0 spiro atoms. The number of hydrogen-bond donors (Lipinski definition) is 1. The van der Waals surface area contributed by atoms with Crippen molar-refractivity contribution in [3.8, 4) is 17.2 Å². The fraction of sp³-hybridized carbons (Fsp3) is 0.250. The summed E-state index contributed by atoms with van der Waals surface area (Å²) in [7, 11) is 1.54. The lowest BCUT2D eigenvalue weighted by Crippen LogP contribution is -2.11. The Kier molecular flexibility index (Phi) is 6.46. The number of carboxylic acid groups (broad SMARTS) is 1. The Morgan fingerprint density at radius 1 is 1.08 bits per heavy atom. The molecular formula is C20H22O5. The molecule has 0 atom stereocenters. The van der Waals surface area contributed by atoms with Crippen molar-refractivity contribution in [2.75, 3.05) is 20.3 Å². The Morgan fingerprint density at radius 3 is 2.52 bits per heavy atom. The summed E-state index contributed by atoms with van der Waals surface area (Å²) in [5, 5.41) is 8.80. The molecule has 25 heavy (non-hydrogen) atoms. The Hall–Kier alpha value is -2.95. The predicted molar refractivity (Wildman–Crippen MR) is 96.6 cm³/mol. The van der Waals surface area contributed by atoms with Crippen molar-refractivity contribution in [2.45, 2.75) is 13.8 Å². The Labute approximate surface area is 147 Å². The summed E-state index contributed by atoms with van der Waals surface area (Å²) in [4.78, 5) is 10.7. The number of rotatable bonds is 8. The van der Waals surface area contributed by atoms with Gasteiger partial charge < -0.3 is 19.3 Å². The lowest BCUT2D eigenvalue weighted by molar-refractivity contribution is -0.131. The van der Waals surface area contributed by atoms with Crippen molar-refractivity contribution < 1.29 is 24.1 Å². The third kappa shape index (κ3) is 5.28. The summed E-state index contributed by atoms with van der Waals surface area (Å²) in [6, 6.07) is 11.3. The molecule has 132 valence electrons. The van der Waals surface area contributed by atoms with E-state index in [4.69, 9.17) is 19.3 Å². The first-order chi connectivity index (χ1) is 12.0. The van der Waals surface area contributed by atoms with Gasteiger partial charge in [-0.3, -0.25) is 0 Å². The summed E-state index contributed by atoms with van der Waals surface area (Å²) in [5.41, 5.74) is 2.89. The Bertz CT molecular complexity index is 765. The van der Waals surface area contributed by atoms with E-state index in [1.165, 1.54) is 11.6 Å². The highest BCUT2D eigenvalue weighted by molar-refractivity contribution is 5.86. The molecule has 0 bridgehead atoms. The highest BCUT2D eigenvalue weighted by atomic mass is 16.5. The average molecular weight is 342 g/mol. The van der Waals surface area contributed by atoms with Crippen LogP contribution in [-0.2, 0) is 4.79 Å². The van der Waals surface area contributed by atoms with Crippen LogP contribution in [0.1, 0.15) is 16.7 Å². The van der Waals surface area contributed by atoms with Gasteiger partial charge in [-0.25, -0.2) is 4.79 Å². The maximum atomic E-state index is 10.7. The van der Waals surface area contributed by atoms with Gasteiger partial charge in [0.25, 0.3) is 0 Å². The largest absolute Gasteiger partial charge is 0.493 e. The van der Waals surface area contributed by atoms with Gasteiger partial charge in [0.05, 0.1) is 7.11 Å². The molecule has 0 radical (unpaired) electrons. The van der Waals surface area contributed by atoms with Gasteiger partial charge in [-0.05, 0) is 37.6 Å². The molecule has 2 aromatic carbocycles. The quantitative estimate of drug-likeness (QED) is 0.583. The third-order valence-corrected chi connectivity index (χ3v) is 3.55. The van der Waals surface area contributed by atoms with E-state index in [9.17, 15) is 4.79 Å². The van der Waals surface area contributed by atoms with Crippen LogP contribution in [0.3, 0.4) is 0 Å². The van der Waals surface area contributed by atoms with Crippen LogP contribution in [0.25, 0.3) is 6.08 Å². The lowest BCUT2D eigenvalue weighted by Gasteiger charge is -2.14. The van der Waals surface area contributed by atoms with Gasteiger partial charge in [0.2, 0.25) is 0 Å². The second-order valence-electron chi connectivity index (χ2n) is 5.52. The van der Waals surface area contributed by atoms with E-state index in [1.54, 1.807) is 25.3 Å². The van der Waals surface area contributed by atoms with E-state index < -0.39 is 5.97 Å². The molecule has 1 N–H and O–H groups in total. The SMILES string of the molecule is COc1cccc(C=CC(=O)O)c1OCCOc1ccc(C)cc1C. The maximum absolute atomic E-state index is 10.7. The summed E-state index contributed by atoms with van der Waals surface area (Å²) >= 11 is 0. The van der Waals surface area contributed by atoms with Gasteiger partial charge >= 0.3 is 5.97 Å². The molecule has 0 aliphatic heterocycles. The second-order valence-corrected chi connectivity index (χ2v) is 5.52. The molecule has 0 aliphatic rings. The van der Waals surface area contributed by atoms with Crippen molar-refractivity contribution >= 4 is 12.0 Å². The summed E-state index contributed by atoms with van der Waals surface area (Å²) in [6.45, 7) is 4.71. The van der Waals surface area contributed by atoms with Crippen LogP contribution in [0, 0.1) is 13.8 Å². The molecule has 0 saturated carbocycles. The first-order valence-corrected chi connectivity index (χ1v) is 7.92. The third-order valence-electron chi connectivity index (χ3n) is 3.55. The molecule has 5 heteroatoms. The molecule has 0 heterocycles. The molecule has 2 aromatic rings. The highest BCUT2D eigenvalue weighted by Gasteiger charge is 2.09. The van der Waals surface area contributed by atoms with Gasteiger partial charge in [0.1, 0.15) is 19.0 Å². The number of carboxylic acids is 1. The van der Waals surface area contributed by atoms with Crippen LogP contribution in [0.15, 0.2) is 42.5 Å². The number of ether oxygens (including phenoxy) is 3. The van der Waals surface area contributed by atoms with Crippen molar-refractivity contribution in [1.82, 2.24) is 0 Å². The molecule has 0 unspecified atom stereocenters. The lowest BCUT2D eigenvalue weighted by atomic mass is 10.1. The molecule has 5 nitrogen and oxygen atoms in total. The molecule has 0 aliphatic carbocycles. The van der Waals surface area contributed by atoms with Crippen molar-refractivity contribution in [3.63, 3.8) is 0 Å². The average Bonchev–Trinajstić information content (AvgIpc) is 2.58. The van der Waals surface area contributed by atoms with Crippen LogP contribution in [0.4, 0.5) is 0 Å². The zero-order chi connectivity index (χ0) is 18.2. The molecule has 2 rings (SSSR count). The standard InChI is InChI=1S/C20H22O5/c1-14-7-9-17(15(2)13-14)24-11-12-25-20-16(8-10-19(21)22)5-4-6-18(20)23-3/h4-10,13H,11-12H2,1-3H3,(H,21,22). The zero-order valence-electron chi connectivity index (χ0n) is 14.6. The summed E-state index contributed by atoms with van der Waals surface area (Å²) < 4.78 is 16.8. The van der Waals surface area contributed by atoms with Crippen LogP contribution in [-0.4, -0.2) is 31.4 Å². The minimum absolute atomic E-state index is 0.307. The number of methoxy groups -OCH3 is 1. The summed E-state index contributed by atoms with van der Waals surface area (Å²) in [5.74, 6) is 0.831. The van der Waals surface area contributed by atoms with E-state index in [0.717, 1.165) is 17.4 Å². The fourth-order valence-corrected chi connectivity index (χ4v) is 2.40. The molecular weight excluding hydrogens is 320 g/mol. The van der Waals surface area contributed by atoms with E-state index in [1.807, 2.05) is 26.0 Å². The van der Waals surface area contributed by atoms with E-state index >= 15 is 0 Å². The Morgan fingerprint density at radius 2 is 1.84 bits per heavy atom. The second kappa shape index (κ2) is 8.78. The minimum atomic E-state index is -1.02. The number of para-hydroxylation sites is 1. The van der Waals surface area contributed by atoms with Crippen LogP contribution in [0.2, 0.25) is 0 Å². The van der Waals surface area contributed by atoms with E-state index in [2.05, 4.69) is 6.07 Å². The van der Waals surface area contributed by atoms with Gasteiger partial charge in [0.15, 0.2) is 11.5 Å². The van der Waals surface area contributed by atoms with Crippen molar-refractivity contribution in [3.05, 3.63) is 59.2 Å². The maximum Gasteiger partial charge on any atom is 0.328 e. The fourth-order valence-electron chi connectivity index (χ4n) is 2.40. The van der Waals surface area contributed by atoms with Crippen LogP contribution < -0.4 is 14.2 Å². The Balaban J connectivity index is 2.03. The monoisotopic (exact) mass is 342 g/mol. The highest BCUT2D eigenvalue weighted by Crippen LogP contribution is 2.32. The number of benzene rings is 2. The topological polar surface area (TPSA) is 65.0 Å². The number of aryl methyl sites for hydroxylation is 2. The smallest absolute Gasteiger partial charge is 0.328 e. The normalized spacial score (nSPS) is 10.7. The minimum Gasteiger partial charge on any atom is -0.493 e. The van der Waals surface area contributed by atoms with Gasteiger partial charge in [-0.1, -0.05) is 29.8 Å². The molecule has 0 aromatic heterocycles. The molecule has 0 saturated heterocycles. The zero-order valence-corrected chi connectivity index (χ0v) is 14.6. The van der Waals surface area contributed by atoms with E-state index in [0.29, 0.717) is 30.3 Å². The predicted octanol–water partition coefficient (Wildman–Crippen LogP) is 3.87. The van der Waals surface area contributed by atoms with E-state index in [-0.39, 0.29) is 0 Å². The first kappa shape index (κ1) is 18.4. The molecule has 0 amide bonds. The molecule has 0 fully saturated rings. The van der Waals surface area contributed by atoms with Gasteiger partial charge in [0, 0.05) is 11.6 Å². The number of aliphatic carboxylic acids is 1. The van der Waals surface area contributed by atoms with Crippen molar-refractivity contribution in [2.24, 2.45) is 0 Å². The van der Waals surface area contributed by atoms with Gasteiger partial charge in [-0.15, -0.1) is 0 Å². The van der Waals surface area contributed by atoms with Crippen LogP contribution in [0.5, 0.6) is 17.2 Å². The summed E-state index contributed by atoms with van der Waals surface area (Å²) in [6.07, 6.45) is 2.54. The number of hydrogen-bond acceptors (Lipinski definition) is 4. The number of carbonyl (C=O) groups is 1. The van der Waals surface area contributed by atoms with Crippen molar-refractivity contribution in [1.29, 1.82) is 0 Å². The van der Waals surface area contributed by atoms with Gasteiger partial charge in [-0.2, -0.15) is 0 Å².